The summed E-state index contributed by atoms with van der Waals surface area (Å²) in [7, 11) is 0. The molecule has 5 nitrogen and oxygen atoms in total. The number of hydrogen-bond donors (Lipinski definition) is 0. The Labute approximate surface area is 175 Å². The van der Waals surface area contributed by atoms with Crippen molar-refractivity contribution in [2.75, 3.05) is 31.1 Å². The second-order valence-corrected chi connectivity index (χ2v) is 8.75. The first-order chi connectivity index (χ1) is 13.3. The Morgan fingerprint density at radius 3 is 2.46 bits per heavy atom. The molecular weight excluding hydrogens is 397 g/mol. The molecule has 2 saturated heterocycles. The van der Waals surface area contributed by atoms with Gasteiger partial charge in [0, 0.05) is 55.6 Å². The molecule has 0 radical (unpaired) electrons. The molecule has 0 amide bonds. The second kappa shape index (κ2) is 7.54. The van der Waals surface area contributed by atoms with Crippen molar-refractivity contribution in [3.63, 3.8) is 0 Å². The van der Waals surface area contributed by atoms with E-state index in [1.807, 2.05) is 31.3 Å². The van der Waals surface area contributed by atoms with Crippen LogP contribution in [0, 0.1) is 0 Å². The minimum absolute atomic E-state index is 0.226. The maximum atomic E-state index is 11.1. The van der Waals surface area contributed by atoms with Gasteiger partial charge in [-0.25, -0.2) is 0 Å². The number of halogens is 2. The van der Waals surface area contributed by atoms with Crippen LogP contribution in [-0.4, -0.2) is 47.6 Å². The number of pyridine rings is 1. The molecule has 2 fully saturated rings. The van der Waals surface area contributed by atoms with Crippen molar-refractivity contribution >= 4 is 34.9 Å². The van der Waals surface area contributed by atoms with Crippen LogP contribution in [0.4, 0.5) is 5.69 Å². The number of benzene rings is 1. The van der Waals surface area contributed by atoms with Gasteiger partial charge in [0.1, 0.15) is 5.60 Å². The summed E-state index contributed by atoms with van der Waals surface area (Å²) in [6.07, 6.45) is 1.92. The van der Waals surface area contributed by atoms with Crippen LogP contribution in [0.1, 0.15) is 31.0 Å². The number of aromatic nitrogens is 1. The molecule has 0 aliphatic carbocycles. The molecule has 7 heteroatoms. The fourth-order valence-electron chi connectivity index (χ4n) is 4.12. The van der Waals surface area contributed by atoms with Crippen LogP contribution in [0.25, 0.3) is 0 Å². The molecule has 28 heavy (non-hydrogen) atoms. The predicted octanol–water partition coefficient (Wildman–Crippen LogP) is 4.13. The number of nitrogens with zero attached hydrogens (tertiary/aromatic N) is 3. The molecule has 0 atom stereocenters. The zero-order valence-corrected chi connectivity index (χ0v) is 17.5. The molecule has 0 saturated carbocycles. The zero-order valence-electron chi connectivity index (χ0n) is 16.0. The molecule has 0 spiro atoms. The van der Waals surface area contributed by atoms with Crippen LogP contribution in [0.15, 0.2) is 36.5 Å². The third-order valence-electron chi connectivity index (χ3n) is 5.36. The highest BCUT2D eigenvalue weighted by atomic mass is 35.5. The molecule has 2 aromatic rings. The molecule has 4 rings (SSSR count). The number of carbonyl (C=O) groups excluding carboxylic acids is 1. The zero-order chi connectivity index (χ0) is 19.9. The van der Waals surface area contributed by atoms with Crippen molar-refractivity contribution in [3.8, 4) is 0 Å². The third-order valence-corrected chi connectivity index (χ3v) is 6.01. The molecule has 0 unspecified atom stereocenters. The first-order valence-electron chi connectivity index (χ1n) is 9.39. The van der Waals surface area contributed by atoms with E-state index in [-0.39, 0.29) is 11.6 Å². The lowest BCUT2D eigenvalue weighted by Gasteiger charge is -2.46. The van der Waals surface area contributed by atoms with Crippen molar-refractivity contribution in [1.82, 2.24) is 9.88 Å². The van der Waals surface area contributed by atoms with E-state index < -0.39 is 0 Å². The Kier molecular flexibility index (Phi) is 5.25. The van der Waals surface area contributed by atoms with Gasteiger partial charge in [-0.1, -0.05) is 29.3 Å². The molecule has 1 aromatic heterocycles. The Hall–Kier alpha value is -1.82. The van der Waals surface area contributed by atoms with Gasteiger partial charge in [-0.2, -0.15) is 0 Å². The van der Waals surface area contributed by atoms with Crippen molar-refractivity contribution in [2.24, 2.45) is 0 Å². The van der Waals surface area contributed by atoms with Crippen LogP contribution in [-0.2, 0) is 16.1 Å². The normalized spacial score (nSPS) is 19.1. The lowest BCUT2D eigenvalue weighted by atomic mass is 9.91. The molecule has 1 aromatic carbocycles. The topological polar surface area (TPSA) is 45.7 Å². The number of likely N-dealkylation sites (tertiary alicyclic amines) is 1. The van der Waals surface area contributed by atoms with E-state index in [1.165, 1.54) is 6.92 Å². The maximum Gasteiger partial charge on any atom is 0.303 e. The first-order valence-corrected chi connectivity index (χ1v) is 10.1. The van der Waals surface area contributed by atoms with Crippen molar-refractivity contribution < 1.29 is 9.53 Å². The van der Waals surface area contributed by atoms with Crippen molar-refractivity contribution in [2.45, 2.75) is 31.9 Å². The van der Waals surface area contributed by atoms with Crippen LogP contribution in [0.5, 0.6) is 0 Å². The van der Waals surface area contributed by atoms with E-state index in [4.69, 9.17) is 27.9 Å². The smallest absolute Gasteiger partial charge is 0.303 e. The molecule has 0 bridgehead atoms. The summed E-state index contributed by atoms with van der Waals surface area (Å²) in [6.45, 7) is 7.43. The molecule has 2 aliphatic rings. The van der Waals surface area contributed by atoms with Gasteiger partial charge in [-0.05, 0) is 36.8 Å². The summed E-state index contributed by atoms with van der Waals surface area (Å²) >= 11 is 12.6. The highest BCUT2D eigenvalue weighted by molar-refractivity contribution is 6.36. The lowest BCUT2D eigenvalue weighted by molar-refractivity contribution is -0.174. The van der Waals surface area contributed by atoms with Crippen LogP contribution < -0.4 is 4.90 Å². The number of hydrogen-bond acceptors (Lipinski definition) is 5. The number of rotatable bonds is 5. The van der Waals surface area contributed by atoms with Crippen LogP contribution in [0.3, 0.4) is 0 Å². The van der Waals surface area contributed by atoms with Gasteiger partial charge >= 0.3 is 5.97 Å². The van der Waals surface area contributed by atoms with Gasteiger partial charge in [-0.3, -0.25) is 14.7 Å². The molecular formula is C21H23Cl2N3O2. The number of ether oxygens (including phenoxy) is 1. The average Bonchev–Trinajstić information content (AvgIpc) is 2.55. The highest BCUT2D eigenvalue weighted by Gasteiger charge is 2.41. The molecule has 3 heterocycles. The van der Waals surface area contributed by atoms with E-state index in [1.54, 1.807) is 0 Å². The summed E-state index contributed by atoms with van der Waals surface area (Å²) in [6, 6.07) is 9.83. The molecule has 2 aliphatic heterocycles. The number of esters is 1. The summed E-state index contributed by atoms with van der Waals surface area (Å²) in [5.41, 5.74) is 2.80. The number of carbonyl (C=O) groups is 1. The van der Waals surface area contributed by atoms with Gasteiger partial charge in [0.15, 0.2) is 0 Å². The van der Waals surface area contributed by atoms with Crippen LogP contribution >= 0.6 is 23.2 Å². The van der Waals surface area contributed by atoms with E-state index in [2.05, 4.69) is 26.9 Å². The van der Waals surface area contributed by atoms with Gasteiger partial charge in [0.05, 0.1) is 17.6 Å². The Bertz CT molecular complexity index is 855. The standard InChI is InChI=1S/C21H23Cl2N3O2/c1-14(27)28-21(2)12-25(13-21)11-16-6-7-17(8-24-16)26-9-15(10-26)20-18(22)4-3-5-19(20)23/h3-8,15H,9-13H2,1-2H3. The summed E-state index contributed by atoms with van der Waals surface area (Å²) in [5, 5.41) is 1.47. The minimum atomic E-state index is -0.363. The Morgan fingerprint density at radius 1 is 1.21 bits per heavy atom. The highest BCUT2D eigenvalue weighted by Crippen LogP contribution is 2.38. The largest absolute Gasteiger partial charge is 0.457 e. The van der Waals surface area contributed by atoms with Crippen molar-refractivity contribution in [1.29, 1.82) is 0 Å². The summed E-state index contributed by atoms with van der Waals surface area (Å²) < 4.78 is 5.35. The summed E-state index contributed by atoms with van der Waals surface area (Å²) in [4.78, 5) is 20.2. The lowest BCUT2D eigenvalue weighted by Crippen LogP contribution is -2.61. The van der Waals surface area contributed by atoms with Crippen molar-refractivity contribution in [3.05, 3.63) is 57.8 Å². The van der Waals surface area contributed by atoms with E-state index in [0.29, 0.717) is 5.92 Å². The van der Waals surface area contributed by atoms with E-state index in [0.717, 1.165) is 59.7 Å². The maximum absolute atomic E-state index is 11.1. The van der Waals surface area contributed by atoms with E-state index >= 15 is 0 Å². The first kappa shape index (κ1) is 19.5. The fourth-order valence-corrected chi connectivity index (χ4v) is 4.83. The van der Waals surface area contributed by atoms with Gasteiger partial charge in [0.25, 0.3) is 0 Å². The number of anilines is 1. The molecule has 0 N–H and O–H groups in total. The second-order valence-electron chi connectivity index (χ2n) is 7.93. The SMILES string of the molecule is CC(=O)OC1(C)CN(Cc2ccc(N3CC(c4c(Cl)cccc4Cl)C3)cn2)C1. The minimum Gasteiger partial charge on any atom is -0.457 e. The van der Waals surface area contributed by atoms with Crippen LogP contribution in [0.2, 0.25) is 10.0 Å². The molecule has 148 valence electrons. The average molecular weight is 420 g/mol. The third kappa shape index (κ3) is 3.97. The predicted molar refractivity (Wildman–Crippen MR) is 111 cm³/mol. The monoisotopic (exact) mass is 419 g/mol. The quantitative estimate of drug-likeness (QED) is 0.681. The summed E-state index contributed by atoms with van der Waals surface area (Å²) in [5.74, 6) is 0.122. The van der Waals surface area contributed by atoms with Gasteiger partial charge in [0.2, 0.25) is 0 Å². The fraction of sp³-hybridized carbons (Fsp3) is 0.429. The Balaban J connectivity index is 1.30. The van der Waals surface area contributed by atoms with Gasteiger partial charge in [-0.15, -0.1) is 0 Å². The van der Waals surface area contributed by atoms with E-state index in [9.17, 15) is 4.79 Å². The van der Waals surface area contributed by atoms with Gasteiger partial charge < -0.3 is 9.64 Å². The Morgan fingerprint density at radius 2 is 1.89 bits per heavy atom.